The van der Waals surface area contributed by atoms with Crippen LogP contribution in [0.15, 0.2) is 84.9 Å². The number of anilines is 1. The zero-order chi connectivity index (χ0) is 27.9. The molecule has 2 aliphatic heterocycles. The fourth-order valence-electron chi connectivity index (χ4n) is 5.65. The van der Waals surface area contributed by atoms with Gasteiger partial charge in [-0.25, -0.2) is 0 Å². The predicted octanol–water partition coefficient (Wildman–Crippen LogP) is 3.06. The molecule has 0 unspecified atom stereocenters. The SMILES string of the molecule is Cc1ccccc1NC(=O)C[C@H]1C(=O)NCCN1C(=O)CN1CCN(C(c2ccccc2)c2ccccc2)CC1. The molecule has 2 N–H and O–H groups in total. The van der Waals surface area contributed by atoms with Crippen LogP contribution in [0.3, 0.4) is 0 Å². The Balaban J connectivity index is 1.20. The number of para-hydroxylation sites is 1. The van der Waals surface area contributed by atoms with E-state index >= 15 is 0 Å². The fourth-order valence-corrected chi connectivity index (χ4v) is 5.65. The number of amides is 3. The number of carbonyl (C=O) groups excluding carboxylic acids is 3. The van der Waals surface area contributed by atoms with Crippen molar-refractivity contribution in [3.63, 3.8) is 0 Å². The minimum absolute atomic E-state index is 0.0739. The smallest absolute Gasteiger partial charge is 0.243 e. The number of carbonyl (C=O) groups is 3. The quantitative estimate of drug-likeness (QED) is 0.460. The van der Waals surface area contributed by atoms with E-state index in [1.165, 1.54) is 11.1 Å². The number of aryl methyl sites for hydroxylation is 1. The molecular formula is C32H37N5O3. The van der Waals surface area contributed by atoms with Gasteiger partial charge in [0.15, 0.2) is 0 Å². The fraction of sp³-hybridized carbons (Fsp3) is 0.344. The second-order valence-corrected chi connectivity index (χ2v) is 10.5. The molecule has 5 rings (SSSR count). The first-order valence-electron chi connectivity index (χ1n) is 14.0. The molecule has 0 aromatic heterocycles. The van der Waals surface area contributed by atoms with Gasteiger partial charge in [0.2, 0.25) is 17.7 Å². The van der Waals surface area contributed by atoms with E-state index in [9.17, 15) is 14.4 Å². The number of rotatable bonds is 8. The first-order valence-corrected chi connectivity index (χ1v) is 14.0. The average molecular weight is 540 g/mol. The van der Waals surface area contributed by atoms with Crippen molar-refractivity contribution in [2.45, 2.75) is 25.4 Å². The molecule has 2 heterocycles. The van der Waals surface area contributed by atoms with E-state index in [4.69, 9.17) is 0 Å². The molecule has 0 bridgehead atoms. The molecule has 3 aromatic rings. The van der Waals surface area contributed by atoms with Gasteiger partial charge in [-0.2, -0.15) is 0 Å². The molecule has 1 atom stereocenters. The Hall–Kier alpha value is -4.01. The standard InChI is InChI=1S/C32H37N5O3/c1-24-10-8-9-15-27(24)34-29(38)22-28-32(40)33-16-17-37(28)30(39)23-35-18-20-36(21-19-35)31(25-11-4-2-5-12-25)26-13-6-3-7-14-26/h2-15,28,31H,16-23H2,1H3,(H,33,40)(H,34,38)/t28-/m0/s1. The molecule has 0 saturated carbocycles. The third-order valence-electron chi connectivity index (χ3n) is 7.81. The van der Waals surface area contributed by atoms with Crippen molar-refractivity contribution in [2.75, 3.05) is 51.1 Å². The van der Waals surface area contributed by atoms with Gasteiger partial charge in [-0.05, 0) is 29.7 Å². The molecular weight excluding hydrogens is 502 g/mol. The molecule has 8 heteroatoms. The molecule has 3 amide bonds. The van der Waals surface area contributed by atoms with Crippen LogP contribution in [-0.2, 0) is 14.4 Å². The van der Waals surface area contributed by atoms with Crippen LogP contribution >= 0.6 is 0 Å². The van der Waals surface area contributed by atoms with E-state index in [0.717, 1.165) is 31.7 Å². The Morgan fingerprint density at radius 1 is 0.850 bits per heavy atom. The molecule has 3 aromatic carbocycles. The molecule has 0 radical (unpaired) electrons. The molecule has 208 valence electrons. The van der Waals surface area contributed by atoms with Crippen molar-refractivity contribution in [2.24, 2.45) is 0 Å². The number of hydrogen-bond acceptors (Lipinski definition) is 5. The second kappa shape index (κ2) is 12.9. The number of piperazine rings is 2. The molecule has 40 heavy (non-hydrogen) atoms. The van der Waals surface area contributed by atoms with Gasteiger partial charge in [-0.3, -0.25) is 24.2 Å². The summed E-state index contributed by atoms with van der Waals surface area (Å²) in [4.78, 5) is 45.2. The van der Waals surface area contributed by atoms with Crippen LogP contribution < -0.4 is 10.6 Å². The van der Waals surface area contributed by atoms with Gasteiger partial charge >= 0.3 is 0 Å². The van der Waals surface area contributed by atoms with E-state index in [1.807, 2.05) is 43.3 Å². The summed E-state index contributed by atoms with van der Waals surface area (Å²) in [6.07, 6.45) is -0.0739. The maximum Gasteiger partial charge on any atom is 0.243 e. The lowest BCUT2D eigenvalue weighted by Gasteiger charge is -2.41. The first kappa shape index (κ1) is 27.6. The third-order valence-corrected chi connectivity index (χ3v) is 7.81. The van der Waals surface area contributed by atoms with Gasteiger partial charge < -0.3 is 15.5 Å². The van der Waals surface area contributed by atoms with Gasteiger partial charge in [0, 0.05) is 45.0 Å². The Labute approximate surface area is 236 Å². The van der Waals surface area contributed by atoms with Crippen LogP contribution in [0.4, 0.5) is 5.69 Å². The average Bonchev–Trinajstić information content (AvgIpc) is 2.97. The molecule has 2 fully saturated rings. The number of nitrogens with one attached hydrogen (secondary N) is 2. The maximum atomic E-state index is 13.4. The lowest BCUT2D eigenvalue weighted by Crippen LogP contribution is -2.60. The highest BCUT2D eigenvalue weighted by molar-refractivity contribution is 5.98. The minimum atomic E-state index is -0.813. The van der Waals surface area contributed by atoms with E-state index < -0.39 is 6.04 Å². The summed E-state index contributed by atoms with van der Waals surface area (Å²) in [5.41, 5.74) is 4.16. The van der Waals surface area contributed by atoms with Gasteiger partial charge in [0.05, 0.1) is 19.0 Å². The largest absolute Gasteiger partial charge is 0.353 e. The first-order chi connectivity index (χ1) is 19.5. The van der Waals surface area contributed by atoms with Crippen LogP contribution in [-0.4, -0.2) is 84.3 Å². The topological polar surface area (TPSA) is 85.0 Å². The predicted molar refractivity (Wildman–Crippen MR) is 156 cm³/mol. The highest BCUT2D eigenvalue weighted by atomic mass is 16.2. The van der Waals surface area contributed by atoms with Gasteiger partial charge in [0.25, 0.3) is 0 Å². The zero-order valence-electron chi connectivity index (χ0n) is 23.0. The Kier molecular flexibility index (Phi) is 8.88. The van der Waals surface area contributed by atoms with E-state index in [0.29, 0.717) is 18.8 Å². The Morgan fingerprint density at radius 2 is 1.45 bits per heavy atom. The lowest BCUT2D eigenvalue weighted by molar-refractivity contribution is -0.145. The van der Waals surface area contributed by atoms with Crippen LogP contribution in [0.5, 0.6) is 0 Å². The molecule has 2 saturated heterocycles. The van der Waals surface area contributed by atoms with Crippen molar-refractivity contribution in [3.05, 3.63) is 102 Å². The highest BCUT2D eigenvalue weighted by Crippen LogP contribution is 2.29. The lowest BCUT2D eigenvalue weighted by atomic mass is 9.96. The normalized spacial score (nSPS) is 18.4. The van der Waals surface area contributed by atoms with Crippen LogP contribution in [0.2, 0.25) is 0 Å². The van der Waals surface area contributed by atoms with Crippen LogP contribution in [0, 0.1) is 6.92 Å². The maximum absolute atomic E-state index is 13.4. The molecule has 0 spiro atoms. The third kappa shape index (κ3) is 6.58. The monoisotopic (exact) mass is 539 g/mol. The second-order valence-electron chi connectivity index (χ2n) is 10.5. The van der Waals surface area contributed by atoms with E-state index in [2.05, 4.69) is 69.0 Å². The Morgan fingerprint density at radius 3 is 2.08 bits per heavy atom. The summed E-state index contributed by atoms with van der Waals surface area (Å²) in [5, 5.41) is 5.71. The van der Waals surface area contributed by atoms with Gasteiger partial charge in [-0.1, -0.05) is 78.9 Å². The van der Waals surface area contributed by atoms with Gasteiger partial charge in [0.1, 0.15) is 6.04 Å². The van der Waals surface area contributed by atoms with Crippen molar-refractivity contribution in [1.82, 2.24) is 20.0 Å². The summed E-state index contributed by atoms with van der Waals surface area (Å²) < 4.78 is 0. The summed E-state index contributed by atoms with van der Waals surface area (Å²) in [6.45, 7) is 6.09. The van der Waals surface area contributed by atoms with Crippen LogP contribution in [0.1, 0.15) is 29.2 Å². The molecule has 0 aliphatic carbocycles. The van der Waals surface area contributed by atoms with Crippen molar-refractivity contribution in [1.29, 1.82) is 0 Å². The summed E-state index contributed by atoms with van der Waals surface area (Å²) in [6, 6.07) is 27.9. The van der Waals surface area contributed by atoms with E-state index in [-0.39, 0.29) is 36.7 Å². The zero-order valence-corrected chi connectivity index (χ0v) is 23.0. The summed E-state index contributed by atoms with van der Waals surface area (Å²) in [7, 11) is 0. The van der Waals surface area contributed by atoms with E-state index in [1.54, 1.807) is 4.90 Å². The minimum Gasteiger partial charge on any atom is -0.353 e. The number of benzene rings is 3. The molecule has 8 nitrogen and oxygen atoms in total. The van der Waals surface area contributed by atoms with Crippen molar-refractivity contribution >= 4 is 23.4 Å². The number of hydrogen-bond donors (Lipinski definition) is 2. The van der Waals surface area contributed by atoms with Crippen molar-refractivity contribution in [3.8, 4) is 0 Å². The van der Waals surface area contributed by atoms with Crippen molar-refractivity contribution < 1.29 is 14.4 Å². The summed E-state index contributed by atoms with van der Waals surface area (Å²) in [5.74, 6) is -0.673. The van der Waals surface area contributed by atoms with Crippen LogP contribution in [0.25, 0.3) is 0 Å². The number of nitrogens with zero attached hydrogens (tertiary/aromatic N) is 3. The Bertz CT molecular complexity index is 1270. The molecule has 2 aliphatic rings. The highest BCUT2D eigenvalue weighted by Gasteiger charge is 2.36. The summed E-state index contributed by atoms with van der Waals surface area (Å²) >= 11 is 0. The van der Waals surface area contributed by atoms with Gasteiger partial charge in [-0.15, -0.1) is 0 Å².